The Morgan fingerprint density at radius 3 is 2.33 bits per heavy atom. The smallest absolute Gasteiger partial charge is 0.338 e. The van der Waals surface area contributed by atoms with Crippen molar-refractivity contribution in [3.8, 4) is 16.9 Å². The molecule has 0 unspecified atom stereocenters. The van der Waals surface area contributed by atoms with E-state index < -0.39 is 0 Å². The minimum absolute atomic E-state index is 0.310. The van der Waals surface area contributed by atoms with Crippen LogP contribution in [-0.4, -0.2) is 17.7 Å². The molecule has 0 bridgehead atoms. The molecule has 0 aliphatic carbocycles. The number of aryl methyl sites for hydroxylation is 1. The molecule has 4 aromatic carbocycles. The van der Waals surface area contributed by atoms with Gasteiger partial charge in [0.05, 0.1) is 23.4 Å². The maximum absolute atomic E-state index is 12.3. The van der Waals surface area contributed by atoms with E-state index in [1.807, 2.05) is 66.7 Å². The number of aromatic nitrogens is 1. The van der Waals surface area contributed by atoms with Gasteiger partial charge in [-0.15, -0.1) is 0 Å². The quantitative estimate of drug-likeness (QED) is 0.156. The zero-order valence-corrected chi connectivity index (χ0v) is 23.9. The third-order valence-corrected chi connectivity index (χ3v) is 7.49. The fraction of sp³-hybridized carbons (Fsp3) is 0.212. The Bertz CT molecular complexity index is 1620. The van der Waals surface area contributed by atoms with Crippen molar-refractivity contribution in [2.24, 2.45) is 0 Å². The van der Waals surface area contributed by atoms with Gasteiger partial charge in [-0.25, -0.2) is 4.79 Å². The molecule has 0 saturated heterocycles. The lowest BCUT2D eigenvalue weighted by Gasteiger charge is -2.11. The number of carbonyl (C=O) groups excluding carboxylic acids is 1. The maximum atomic E-state index is 12.3. The highest BCUT2D eigenvalue weighted by molar-refractivity contribution is 6.36. The number of benzene rings is 4. The summed E-state index contributed by atoms with van der Waals surface area (Å²) >= 11 is 12.8. The molecule has 0 aliphatic heterocycles. The van der Waals surface area contributed by atoms with Crippen LogP contribution in [0.1, 0.15) is 53.2 Å². The lowest BCUT2D eigenvalue weighted by Crippen LogP contribution is -2.05. The van der Waals surface area contributed by atoms with Crippen LogP contribution in [0.25, 0.3) is 21.9 Å². The summed E-state index contributed by atoms with van der Waals surface area (Å²) in [5.74, 6) is 1.24. The van der Waals surface area contributed by atoms with Gasteiger partial charge < -0.3 is 14.0 Å². The Morgan fingerprint density at radius 1 is 0.875 bits per heavy atom. The van der Waals surface area contributed by atoms with Gasteiger partial charge in [0.2, 0.25) is 0 Å². The number of nitrogens with zero attached hydrogens (tertiary/aromatic N) is 1. The Morgan fingerprint density at radius 2 is 1.60 bits per heavy atom. The summed E-state index contributed by atoms with van der Waals surface area (Å²) in [4.78, 5) is 12.3. The lowest BCUT2D eigenvalue weighted by molar-refractivity contribution is 0.0528. The van der Waals surface area contributed by atoms with Crippen molar-refractivity contribution >= 4 is 39.9 Å². The minimum Gasteiger partial charge on any atom is -0.489 e. The number of rotatable bonds is 10. The Hall–Kier alpha value is -3.80. The maximum Gasteiger partial charge on any atom is 0.338 e. The van der Waals surface area contributed by atoms with E-state index in [1.165, 1.54) is 0 Å². The van der Waals surface area contributed by atoms with Crippen LogP contribution in [-0.2, 0) is 24.2 Å². The molecule has 0 N–H and O–H groups in total. The summed E-state index contributed by atoms with van der Waals surface area (Å²) < 4.78 is 17.1. The second kappa shape index (κ2) is 12.6. The van der Waals surface area contributed by atoms with E-state index in [1.54, 1.807) is 13.0 Å². The topological polar surface area (TPSA) is 61.6 Å². The monoisotopic (exact) mass is 573 g/mol. The highest BCUT2D eigenvalue weighted by Crippen LogP contribution is 2.31. The molecule has 5 nitrogen and oxygen atoms in total. The van der Waals surface area contributed by atoms with E-state index in [-0.39, 0.29) is 5.97 Å². The van der Waals surface area contributed by atoms with Gasteiger partial charge in [0.15, 0.2) is 0 Å². The van der Waals surface area contributed by atoms with Crippen LogP contribution < -0.4 is 4.74 Å². The van der Waals surface area contributed by atoms with Gasteiger partial charge in [0.25, 0.3) is 0 Å². The summed E-state index contributed by atoms with van der Waals surface area (Å²) in [5.41, 5.74) is 5.17. The summed E-state index contributed by atoms with van der Waals surface area (Å²) in [7, 11) is 0. The second-order valence-corrected chi connectivity index (χ2v) is 10.2. The average molecular weight is 575 g/mol. The number of fused-ring (bicyclic) bond motifs is 1. The fourth-order valence-electron chi connectivity index (χ4n) is 4.73. The van der Waals surface area contributed by atoms with Gasteiger partial charge in [0.1, 0.15) is 18.1 Å². The molecular formula is C33H29Cl2NO4. The lowest BCUT2D eigenvalue weighted by atomic mass is 9.98. The van der Waals surface area contributed by atoms with Crippen molar-refractivity contribution in [3.05, 3.63) is 117 Å². The molecule has 0 atom stereocenters. The normalized spacial score (nSPS) is 11.1. The number of carbonyl (C=O) groups is 1. The van der Waals surface area contributed by atoms with Crippen molar-refractivity contribution in [2.75, 3.05) is 6.61 Å². The average Bonchev–Trinajstić information content (AvgIpc) is 3.34. The van der Waals surface area contributed by atoms with Gasteiger partial charge in [-0.05, 0) is 77.2 Å². The zero-order chi connectivity index (χ0) is 28.1. The van der Waals surface area contributed by atoms with Gasteiger partial charge in [0, 0.05) is 22.9 Å². The van der Waals surface area contributed by atoms with E-state index in [0.29, 0.717) is 35.2 Å². The molecule has 0 spiro atoms. The van der Waals surface area contributed by atoms with Crippen molar-refractivity contribution in [1.82, 2.24) is 5.16 Å². The highest BCUT2D eigenvalue weighted by Gasteiger charge is 2.19. The third kappa shape index (κ3) is 6.01. The van der Waals surface area contributed by atoms with E-state index in [0.717, 1.165) is 63.1 Å². The van der Waals surface area contributed by atoms with E-state index in [4.69, 9.17) is 37.2 Å². The Kier molecular flexibility index (Phi) is 8.73. The van der Waals surface area contributed by atoms with Gasteiger partial charge in [-0.3, -0.25) is 0 Å². The fourth-order valence-corrected chi connectivity index (χ4v) is 5.26. The number of hydrogen-bond donors (Lipinski definition) is 0. The summed E-state index contributed by atoms with van der Waals surface area (Å²) in [6.07, 6.45) is 2.15. The summed E-state index contributed by atoms with van der Waals surface area (Å²) in [6, 6.07) is 25.1. The highest BCUT2D eigenvalue weighted by atomic mass is 35.5. The first kappa shape index (κ1) is 27.8. The molecule has 0 saturated carbocycles. The summed E-state index contributed by atoms with van der Waals surface area (Å²) in [6.45, 7) is 4.57. The van der Waals surface area contributed by atoms with Crippen molar-refractivity contribution in [3.63, 3.8) is 0 Å². The van der Waals surface area contributed by atoms with Gasteiger partial charge in [-0.1, -0.05) is 77.7 Å². The predicted molar refractivity (Wildman–Crippen MR) is 159 cm³/mol. The molecule has 7 heteroatoms. The zero-order valence-electron chi connectivity index (χ0n) is 22.4. The molecule has 1 aromatic heterocycles. The number of halogens is 2. The second-order valence-electron chi connectivity index (χ2n) is 9.43. The van der Waals surface area contributed by atoms with E-state index in [9.17, 15) is 4.79 Å². The largest absolute Gasteiger partial charge is 0.489 e. The third-order valence-electron chi connectivity index (χ3n) is 6.78. The summed E-state index contributed by atoms with van der Waals surface area (Å²) in [5, 5.41) is 7.37. The molecule has 40 heavy (non-hydrogen) atoms. The molecule has 0 fully saturated rings. The van der Waals surface area contributed by atoms with Crippen molar-refractivity contribution in [1.29, 1.82) is 0 Å². The molecule has 0 radical (unpaired) electrons. The van der Waals surface area contributed by atoms with Crippen LogP contribution in [0.3, 0.4) is 0 Å². The van der Waals surface area contributed by atoms with Crippen LogP contribution in [0.5, 0.6) is 5.75 Å². The van der Waals surface area contributed by atoms with E-state index in [2.05, 4.69) is 18.1 Å². The van der Waals surface area contributed by atoms with Crippen LogP contribution in [0.2, 0.25) is 10.0 Å². The van der Waals surface area contributed by atoms with Crippen LogP contribution in [0, 0.1) is 0 Å². The molecule has 204 valence electrons. The molecular weight excluding hydrogens is 545 g/mol. The van der Waals surface area contributed by atoms with Gasteiger partial charge >= 0.3 is 5.97 Å². The molecule has 0 amide bonds. The molecule has 5 rings (SSSR count). The Labute approximate surface area is 243 Å². The standard InChI is InChI=1S/C33H29Cl2NO4/c1-3-7-32-28(31(36-40-32)19-27-29(34)10-6-11-30(27)35)20-39-24-15-12-21(13-16-24)22-14-17-25-23(18-22)8-5-9-26(25)33(37)38-4-2/h5-6,8-18H,3-4,7,19-20H2,1-2H3. The SMILES string of the molecule is CCCc1onc(Cc2c(Cl)cccc2Cl)c1COc1ccc(-c2ccc3c(C(=O)OCC)cccc3c2)cc1. The predicted octanol–water partition coefficient (Wildman–Crippen LogP) is 9.10. The van der Waals surface area contributed by atoms with E-state index >= 15 is 0 Å². The molecule has 5 aromatic rings. The van der Waals surface area contributed by atoms with Crippen molar-refractivity contribution in [2.45, 2.75) is 39.7 Å². The Balaban J connectivity index is 1.34. The van der Waals surface area contributed by atoms with Gasteiger partial charge in [-0.2, -0.15) is 0 Å². The van der Waals surface area contributed by atoms with Crippen LogP contribution >= 0.6 is 23.2 Å². The first-order valence-corrected chi connectivity index (χ1v) is 14.1. The molecule has 0 aliphatic rings. The van der Waals surface area contributed by atoms with Crippen LogP contribution in [0.15, 0.2) is 83.4 Å². The first-order chi connectivity index (χ1) is 19.5. The number of ether oxygens (including phenoxy) is 2. The first-order valence-electron chi connectivity index (χ1n) is 13.3. The van der Waals surface area contributed by atoms with Crippen LogP contribution in [0.4, 0.5) is 0 Å². The molecule has 1 heterocycles. The minimum atomic E-state index is -0.310. The number of hydrogen-bond acceptors (Lipinski definition) is 5. The van der Waals surface area contributed by atoms with Crippen molar-refractivity contribution < 1.29 is 18.8 Å². The number of esters is 1.